The summed E-state index contributed by atoms with van der Waals surface area (Å²) in [5.41, 5.74) is 2.67. The molecule has 0 saturated carbocycles. The van der Waals surface area contributed by atoms with Gasteiger partial charge in [0.25, 0.3) is 11.8 Å². The lowest BCUT2D eigenvalue weighted by Gasteiger charge is -2.19. The summed E-state index contributed by atoms with van der Waals surface area (Å²) in [6.45, 7) is 2.20. The van der Waals surface area contributed by atoms with Crippen LogP contribution in [0.4, 0.5) is 0 Å². The SMILES string of the molecule is COc1ccc(CCNC(=O)c2cccc3c2C(=O)N(C[C@H]2CCCO2)C3)c(OC)c1OC. The van der Waals surface area contributed by atoms with Crippen molar-refractivity contribution in [3.05, 3.63) is 52.6 Å². The Morgan fingerprint density at radius 3 is 2.64 bits per heavy atom. The molecule has 2 aliphatic heterocycles. The minimum Gasteiger partial charge on any atom is -0.493 e. The van der Waals surface area contributed by atoms with E-state index in [1.165, 1.54) is 0 Å². The van der Waals surface area contributed by atoms with Crippen LogP contribution in [0, 0.1) is 0 Å². The van der Waals surface area contributed by atoms with Crippen molar-refractivity contribution in [2.75, 3.05) is 41.0 Å². The number of carbonyl (C=O) groups excluding carboxylic acids is 2. The first-order chi connectivity index (χ1) is 16.1. The number of benzene rings is 2. The molecule has 2 heterocycles. The number of hydrogen-bond donors (Lipinski definition) is 1. The second kappa shape index (κ2) is 10.1. The largest absolute Gasteiger partial charge is 0.493 e. The normalized spacial score (nSPS) is 17.1. The number of nitrogens with one attached hydrogen (secondary N) is 1. The number of amides is 2. The van der Waals surface area contributed by atoms with Gasteiger partial charge in [-0.15, -0.1) is 0 Å². The highest BCUT2D eigenvalue weighted by Gasteiger charge is 2.33. The Bertz CT molecular complexity index is 1030. The van der Waals surface area contributed by atoms with Gasteiger partial charge in [0, 0.05) is 31.8 Å². The summed E-state index contributed by atoms with van der Waals surface area (Å²) < 4.78 is 21.9. The standard InChI is InChI=1S/C25H30N2O6/c1-30-20-10-9-16(22(31-2)23(20)32-3)11-12-26-24(28)19-8-4-6-17-14-27(25(29)21(17)19)15-18-7-5-13-33-18/h4,6,8-10,18H,5,7,11-15H2,1-3H3,(H,26,28)/t18-/m1/s1. The van der Waals surface area contributed by atoms with Crippen LogP contribution in [-0.2, 0) is 17.7 Å². The zero-order chi connectivity index (χ0) is 23.4. The van der Waals surface area contributed by atoms with Gasteiger partial charge in [0.1, 0.15) is 0 Å². The number of hydrogen-bond acceptors (Lipinski definition) is 6. The van der Waals surface area contributed by atoms with Crippen molar-refractivity contribution in [3.63, 3.8) is 0 Å². The van der Waals surface area contributed by atoms with Crippen LogP contribution in [0.25, 0.3) is 0 Å². The van der Waals surface area contributed by atoms with Gasteiger partial charge in [-0.3, -0.25) is 9.59 Å². The Hall–Kier alpha value is -3.26. The van der Waals surface area contributed by atoms with Gasteiger partial charge in [0.15, 0.2) is 11.5 Å². The Morgan fingerprint density at radius 1 is 1.12 bits per heavy atom. The van der Waals surface area contributed by atoms with Crippen LogP contribution >= 0.6 is 0 Å². The molecule has 8 heteroatoms. The van der Waals surface area contributed by atoms with Gasteiger partial charge in [0.2, 0.25) is 5.75 Å². The highest BCUT2D eigenvalue weighted by molar-refractivity contribution is 6.09. The highest BCUT2D eigenvalue weighted by Crippen LogP contribution is 2.39. The number of carbonyl (C=O) groups is 2. The Labute approximate surface area is 193 Å². The molecule has 2 aromatic rings. The maximum absolute atomic E-state index is 13.1. The molecule has 8 nitrogen and oxygen atoms in total. The van der Waals surface area contributed by atoms with Gasteiger partial charge in [0.05, 0.1) is 38.6 Å². The zero-order valence-corrected chi connectivity index (χ0v) is 19.3. The lowest BCUT2D eigenvalue weighted by atomic mass is 10.0. The molecule has 0 spiro atoms. The molecule has 4 rings (SSSR count). The molecule has 1 saturated heterocycles. The molecule has 0 aliphatic carbocycles. The minimum absolute atomic E-state index is 0.0806. The fourth-order valence-electron chi connectivity index (χ4n) is 4.56. The molecule has 1 atom stereocenters. The quantitative estimate of drug-likeness (QED) is 0.627. The van der Waals surface area contributed by atoms with Gasteiger partial charge >= 0.3 is 0 Å². The summed E-state index contributed by atoms with van der Waals surface area (Å²) in [5, 5.41) is 2.94. The van der Waals surface area contributed by atoms with Crippen LogP contribution in [-0.4, -0.2) is 63.8 Å². The van der Waals surface area contributed by atoms with E-state index in [1.54, 1.807) is 32.3 Å². The fraction of sp³-hybridized carbons (Fsp3) is 0.440. The number of ether oxygens (including phenoxy) is 4. The van der Waals surface area contributed by atoms with E-state index in [0.717, 1.165) is 30.6 Å². The summed E-state index contributed by atoms with van der Waals surface area (Å²) >= 11 is 0. The molecular formula is C25H30N2O6. The van der Waals surface area contributed by atoms with Gasteiger partial charge in [-0.1, -0.05) is 18.2 Å². The first-order valence-electron chi connectivity index (χ1n) is 11.2. The van der Waals surface area contributed by atoms with Crippen molar-refractivity contribution in [3.8, 4) is 17.2 Å². The van der Waals surface area contributed by atoms with Crippen molar-refractivity contribution in [1.29, 1.82) is 0 Å². The molecule has 0 bridgehead atoms. The molecule has 0 unspecified atom stereocenters. The summed E-state index contributed by atoms with van der Waals surface area (Å²) in [5.74, 6) is 1.30. The van der Waals surface area contributed by atoms with E-state index in [2.05, 4.69) is 5.32 Å². The number of fused-ring (bicyclic) bond motifs is 1. The molecular weight excluding hydrogens is 424 g/mol. The van der Waals surface area contributed by atoms with Crippen molar-refractivity contribution in [1.82, 2.24) is 10.2 Å². The third-order valence-corrected chi connectivity index (χ3v) is 6.17. The number of methoxy groups -OCH3 is 3. The Morgan fingerprint density at radius 2 is 1.94 bits per heavy atom. The fourth-order valence-corrected chi connectivity index (χ4v) is 4.56. The second-order valence-electron chi connectivity index (χ2n) is 8.16. The molecule has 1 N–H and O–H groups in total. The van der Waals surface area contributed by atoms with Crippen LogP contribution in [0.15, 0.2) is 30.3 Å². The molecule has 0 radical (unpaired) electrons. The van der Waals surface area contributed by atoms with Gasteiger partial charge in [-0.05, 0) is 37.0 Å². The van der Waals surface area contributed by atoms with Crippen molar-refractivity contribution >= 4 is 11.8 Å². The molecule has 2 aliphatic rings. The molecule has 176 valence electrons. The maximum Gasteiger partial charge on any atom is 0.255 e. The highest BCUT2D eigenvalue weighted by atomic mass is 16.5. The van der Waals surface area contributed by atoms with Crippen LogP contribution in [0.2, 0.25) is 0 Å². The second-order valence-corrected chi connectivity index (χ2v) is 8.16. The topological polar surface area (TPSA) is 86.3 Å². The van der Waals surface area contributed by atoms with Gasteiger partial charge in [-0.25, -0.2) is 0 Å². The minimum atomic E-state index is -0.265. The number of rotatable bonds is 9. The summed E-state index contributed by atoms with van der Waals surface area (Å²) in [4.78, 5) is 27.8. The smallest absolute Gasteiger partial charge is 0.255 e. The van der Waals surface area contributed by atoms with Crippen LogP contribution in [0.1, 0.15) is 44.7 Å². The molecule has 0 aromatic heterocycles. The van der Waals surface area contributed by atoms with E-state index < -0.39 is 0 Å². The third kappa shape index (κ3) is 4.61. The molecule has 2 amide bonds. The average Bonchev–Trinajstić information content (AvgIpc) is 3.46. The van der Waals surface area contributed by atoms with Crippen molar-refractivity contribution in [2.45, 2.75) is 31.9 Å². The average molecular weight is 455 g/mol. The summed E-state index contributed by atoms with van der Waals surface area (Å²) in [7, 11) is 4.69. The molecule has 2 aromatic carbocycles. The van der Waals surface area contributed by atoms with E-state index in [-0.39, 0.29) is 17.9 Å². The van der Waals surface area contributed by atoms with Crippen LogP contribution in [0.3, 0.4) is 0 Å². The predicted molar refractivity (Wildman–Crippen MR) is 122 cm³/mol. The van der Waals surface area contributed by atoms with Gasteiger partial charge < -0.3 is 29.2 Å². The van der Waals surface area contributed by atoms with Crippen molar-refractivity contribution < 1.29 is 28.5 Å². The van der Waals surface area contributed by atoms with Crippen LogP contribution in [0.5, 0.6) is 17.2 Å². The Balaban J connectivity index is 1.43. The van der Waals surface area contributed by atoms with E-state index >= 15 is 0 Å². The lowest BCUT2D eigenvalue weighted by molar-refractivity contribution is 0.0544. The van der Waals surface area contributed by atoms with Crippen molar-refractivity contribution in [2.24, 2.45) is 0 Å². The van der Waals surface area contributed by atoms with E-state index in [1.807, 2.05) is 24.3 Å². The van der Waals surface area contributed by atoms with Crippen LogP contribution < -0.4 is 19.5 Å². The third-order valence-electron chi connectivity index (χ3n) is 6.17. The molecule has 1 fully saturated rings. The van der Waals surface area contributed by atoms with E-state index in [0.29, 0.717) is 54.4 Å². The number of nitrogens with zero attached hydrogens (tertiary/aromatic N) is 1. The predicted octanol–water partition coefficient (Wildman–Crippen LogP) is 2.82. The van der Waals surface area contributed by atoms with Gasteiger partial charge in [-0.2, -0.15) is 0 Å². The zero-order valence-electron chi connectivity index (χ0n) is 19.3. The lowest BCUT2D eigenvalue weighted by Crippen LogP contribution is -2.33. The van der Waals surface area contributed by atoms with E-state index in [9.17, 15) is 9.59 Å². The first kappa shape index (κ1) is 22.9. The summed E-state index contributed by atoms with van der Waals surface area (Å²) in [6.07, 6.45) is 2.60. The first-order valence-corrected chi connectivity index (χ1v) is 11.2. The Kier molecular flexibility index (Phi) is 7.03. The van der Waals surface area contributed by atoms with E-state index in [4.69, 9.17) is 18.9 Å². The summed E-state index contributed by atoms with van der Waals surface area (Å²) in [6, 6.07) is 9.14. The monoisotopic (exact) mass is 454 g/mol. The molecule has 33 heavy (non-hydrogen) atoms. The maximum atomic E-state index is 13.1.